The largest absolute Gasteiger partial charge is 0.392 e. The van der Waals surface area contributed by atoms with Gasteiger partial charge in [-0.1, -0.05) is 17.7 Å². The highest BCUT2D eigenvalue weighted by atomic mass is 35.5. The lowest BCUT2D eigenvalue weighted by molar-refractivity contribution is 0.282. The molecule has 0 unspecified atom stereocenters. The zero-order valence-electron chi connectivity index (χ0n) is 10.2. The molecule has 0 aliphatic rings. The molecule has 0 atom stereocenters. The summed E-state index contributed by atoms with van der Waals surface area (Å²) in [6.45, 7) is 3.58. The predicted molar refractivity (Wildman–Crippen MR) is 72.6 cm³/mol. The molecule has 0 saturated carbocycles. The van der Waals surface area contributed by atoms with Gasteiger partial charge in [0.15, 0.2) is 0 Å². The molecule has 1 aromatic carbocycles. The van der Waals surface area contributed by atoms with E-state index in [1.165, 1.54) is 0 Å². The maximum Gasteiger partial charge on any atom is 0.128 e. The number of aryl methyl sites for hydroxylation is 1. The predicted octanol–water partition coefficient (Wildman–Crippen LogP) is 2.66. The lowest BCUT2D eigenvalue weighted by atomic mass is 10.2. The third-order valence-corrected chi connectivity index (χ3v) is 3.12. The second-order valence-corrected chi connectivity index (χ2v) is 4.36. The number of halogens is 1. The smallest absolute Gasteiger partial charge is 0.128 e. The van der Waals surface area contributed by atoms with Crippen LogP contribution >= 0.6 is 11.6 Å². The summed E-state index contributed by atoms with van der Waals surface area (Å²) >= 11 is 6.10. The number of aromatic nitrogens is 2. The molecular weight excluding hydrogens is 250 g/mol. The number of nitrogens with zero attached hydrogens (tertiary/aromatic N) is 2. The van der Waals surface area contributed by atoms with Crippen LogP contribution < -0.4 is 5.32 Å². The Morgan fingerprint density at radius 3 is 3.00 bits per heavy atom. The molecule has 2 rings (SSSR count). The summed E-state index contributed by atoms with van der Waals surface area (Å²) in [6.07, 6.45) is 3.73. The Balaban J connectivity index is 2.10. The fourth-order valence-electron chi connectivity index (χ4n) is 1.78. The summed E-state index contributed by atoms with van der Waals surface area (Å²) in [5.41, 5.74) is 1.65. The highest BCUT2D eigenvalue weighted by Gasteiger charge is 2.04. The van der Waals surface area contributed by atoms with Crippen molar-refractivity contribution in [3.63, 3.8) is 0 Å². The van der Waals surface area contributed by atoms with Gasteiger partial charge >= 0.3 is 0 Å². The van der Waals surface area contributed by atoms with Gasteiger partial charge in [0.2, 0.25) is 0 Å². The van der Waals surface area contributed by atoms with Crippen molar-refractivity contribution >= 4 is 17.3 Å². The van der Waals surface area contributed by atoms with Gasteiger partial charge in [-0.3, -0.25) is 0 Å². The van der Waals surface area contributed by atoms with Crippen LogP contribution in [0.4, 0.5) is 5.69 Å². The molecule has 0 saturated heterocycles. The molecule has 1 aromatic heterocycles. The van der Waals surface area contributed by atoms with E-state index < -0.39 is 0 Å². The quantitative estimate of drug-likeness (QED) is 0.874. The lowest BCUT2D eigenvalue weighted by Gasteiger charge is -2.10. The number of anilines is 1. The van der Waals surface area contributed by atoms with Crippen molar-refractivity contribution in [2.75, 3.05) is 5.32 Å². The minimum absolute atomic E-state index is 0.00936. The van der Waals surface area contributed by atoms with Crippen molar-refractivity contribution < 1.29 is 5.11 Å². The number of imidazole rings is 1. The summed E-state index contributed by atoms with van der Waals surface area (Å²) in [4.78, 5) is 4.28. The average molecular weight is 266 g/mol. The topological polar surface area (TPSA) is 50.1 Å². The molecule has 2 N–H and O–H groups in total. The van der Waals surface area contributed by atoms with E-state index in [0.717, 1.165) is 23.6 Å². The third-order valence-electron chi connectivity index (χ3n) is 2.79. The van der Waals surface area contributed by atoms with E-state index in [4.69, 9.17) is 16.7 Å². The second kappa shape index (κ2) is 5.89. The van der Waals surface area contributed by atoms with Crippen molar-refractivity contribution in [2.24, 2.45) is 0 Å². The number of aliphatic hydroxyl groups excluding tert-OH is 1. The van der Waals surface area contributed by atoms with E-state index in [-0.39, 0.29) is 6.61 Å². The molecule has 0 aliphatic heterocycles. The molecule has 0 spiro atoms. The highest BCUT2D eigenvalue weighted by Crippen LogP contribution is 2.23. The van der Waals surface area contributed by atoms with Gasteiger partial charge < -0.3 is 15.0 Å². The Morgan fingerprint density at radius 1 is 1.44 bits per heavy atom. The number of hydrogen-bond donors (Lipinski definition) is 2. The van der Waals surface area contributed by atoms with Crippen LogP contribution in [0.2, 0.25) is 5.02 Å². The summed E-state index contributed by atoms with van der Waals surface area (Å²) in [5, 5.41) is 13.0. The first kappa shape index (κ1) is 12.9. The van der Waals surface area contributed by atoms with Gasteiger partial charge in [0, 0.05) is 18.9 Å². The lowest BCUT2D eigenvalue weighted by Crippen LogP contribution is -2.08. The molecule has 0 bridgehead atoms. The normalized spacial score (nSPS) is 10.6. The molecule has 0 amide bonds. The van der Waals surface area contributed by atoms with E-state index in [9.17, 15) is 0 Å². The van der Waals surface area contributed by atoms with Crippen LogP contribution in [0.5, 0.6) is 0 Å². The maximum absolute atomic E-state index is 9.10. The molecular formula is C13H16ClN3O. The minimum atomic E-state index is 0.00936. The fourth-order valence-corrected chi connectivity index (χ4v) is 1.96. The van der Waals surface area contributed by atoms with Crippen LogP contribution in [0.15, 0.2) is 30.6 Å². The summed E-state index contributed by atoms with van der Waals surface area (Å²) in [5.74, 6) is 0.961. The fraction of sp³-hybridized carbons (Fsp3) is 0.308. The summed E-state index contributed by atoms with van der Waals surface area (Å²) < 4.78 is 2.07. The molecule has 96 valence electrons. The standard InChI is InChI=1S/C13H16ClN3O/c1-2-17-6-5-15-13(17)8-16-12-7-10(9-18)3-4-11(12)14/h3-7,16,18H,2,8-9H2,1H3. The van der Waals surface area contributed by atoms with Gasteiger partial charge in [-0.25, -0.2) is 4.98 Å². The molecule has 0 aliphatic carbocycles. The SMILES string of the molecule is CCn1ccnc1CNc1cc(CO)ccc1Cl. The first-order chi connectivity index (χ1) is 8.74. The Bertz CT molecular complexity index is 525. The van der Waals surface area contributed by atoms with Gasteiger partial charge in [0.25, 0.3) is 0 Å². The van der Waals surface area contributed by atoms with Crippen LogP contribution in [0, 0.1) is 0 Å². The van der Waals surface area contributed by atoms with E-state index in [1.807, 2.05) is 12.3 Å². The molecule has 5 heteroatoms. The van der Waals surface area contributed by atoms with Crippen LogP contribution in [0.3, 0.4) is 0 Å². The van der Waals surface area contributed by atoms with E-state index in [1.54, 1.807) is 18.3 Å². The highest BCUT2D eigenvalue weighted by molar-refractivity contribution is 6.33. The number of benzene rings is 1. The average Bonchev–Trinajstić information content (AvgIpc) is 2.85. The summed E-state index contributed by atoms with van der Waals surface area (Å²) in [7, 11) is 0. The van der Waals surface area contributed by atoms with Crippen molar-refractivity contribution in [3.05, 3.63) is 47.0 Å². The van der Waals surface area contributed by atoms with Gasteiger partial charge in [0.1, 0.15) is 5.82 Å². The second-order valence-electron chi connectivity index (χ2n) is 3.96. The minimum Gasteiger partial charge on any atom is -0.392 e. The van der Waals surface area contributed by atoms with Gasteiger partial charge in [-0.2, -0.15) is 0 Å². The molecule has 0 fully saturated rings. The summed E-state index contributed by atoms with van der Waals surface area (Å²) in [6, 6.07) is 5.43. The first-order valence-electron chi connectivity index (χ1n) is 5.87. The van der Waals surface area contributed by atoms with E-state index in [2.05, 4.69) is 21.8 Å². The van der Waals surface area contributed by atoms with Gasteiger partial charge in [-0.05, 0) is 24.6 Å². The Kier molecular flexibility index (Phi) is 4.23. The Labute approximate surface area is 111 Å². The maximum atomic E-state index is 9.10. The zero-order chi connectivity index (χ0) is 13.0. The molecule has 2 aromatic rings. The van der Waals surface area contributed by atoms with Crippen molar-refractivity contribution in [1.82, 2.24) is 9.55 Å². The molecule has 4 nitrogen and oxygen atoms in total. The van der Waals surface area contributed by atoms with Crippen LogP contribution in [0.25, 0.3) is 0 Å². The van der Waals surface area contributed by atoms with Crippen LogP contribution in [-0.4, -0.2) is 14.7 Å². The molecule has 18 heavy (non-hydrogen) atoms. The van der Waals surface area contributed by atoms with Crippen molar-refractivity contribution in [1.29, 1.82) is 0 Å². The van der Waals surface area contributed by atoms with Gasteiger partial charge in [-0.15, -0.1) is 0 Å². The van der Waals surface area contributed by atoms with E-state index >= 15 is 0 Å². The molecule has 1 heterocycles. The van der Waals surface area contributed by atoms with Crippen LogP contribution in [-0.2, 0) is 19.7 Å². The van der Waals surface area contributed by atoms with Crippen LogP contribution in [0.1, 0.15) is 18.3 Å². The molecule has 0 radical (unpaired) electrons. The monoisotopic (exact) mass is 265 g/mol. The number of nitrogens with one attached hydrogen (secondary N) is 1. The Hall–Kier alpha value is -1.52. The van der Waals surface area contributed by atoms with Gasteiger partial charge in [0.05, 0.1) is 23.9 Å². The van der Waals surface area contributed by atoms with Crippen molar-refractivity contribution in [3.8, 4) is 0 Å². The Morgan fingerprint density at radius 2 is 2.28 bits per heavy atom. The number of rotatable bonds is 5. The number of aliphatic hydroxyl groups is 1. The first-order valence-corrected chi connectivity index (χ1v) is 6.25. The zero-order valence-corrected chi connectivity index (χ0v) is 11.0. The van der Waals surface area contributed by atoms with Crippen molar-refractivity contribution in [2.45, 2.75) is 26.6 Å². The van der Waals surface area contributed by atoms with E-state index in [0.29, 0.717) is 11.6 Å². The third kappa shape index (κ3) is 2.83. The number of hydrogen-bond acceptors (Lipinski definition) is 3.